The van der Waals surface area contributed by atoms with Crippen molar-refractivity contribution in [3.8, 4) is 0 Å². The van der Waals surface area contributed by atoms with Crippen LogP contribution in [0.15, 0.2) is 12.1 Å². The minimum absolute atomic E-state index is 0.0340. The van der Waals surface area contributed by atoms with Crippen molar-refractivity contribution in [1.82, 2.24) is 9.88 Å². The Bertz CT molecular complexity index is 534. The molecule has 0 saturated heterocycles. The van der Waals surface area contributed by atoms with Gasteiger partial charge in [0.1, 0.15) is 6.04 Å². The molecule has 1 aromatic heterocycles. The van der Waals surface area contributed by atoms with Crippen LogP contribution >= 0.6 is 0 Å². The number of carboxylic acid groups (broad SMARTS) is 1. The minimum atomic E-state index is -1.10. The second-order valence-electron chi connectivity index (χ2n) is 4.47. The highest BCUT2D eigenvalue weighted by molar-refractivity contribution is 5.95. The molecule has 8 heteroatoms. The first-order chi connectivity index (χ1) is 8.91. The summed E-state index contributed by atoms with van der Waals surface area (Å²) >= 11 is 0. The molecule has 1 aromatic rings. The zero-order valence-electron chi connectivity index (χ0n) is 10.2. The maximum absolute atomic E-state index is 12.2. The number of aromatic nitrogens is 1. The molecule has 19 heavy (non-hydrogen) atoms. The topological polar surface area (TPSA) is 117 Å². The fourth-order valence-corrected chi connectivity index (χ4v) is 1.88. The lowest BCUT2D eigenvalue weighted by atomic mass is 10.2. The summed E-state index contributed by atoms with van der Waals surface area (Å²) in [5.41, 5.74) is 0.0340. The summed E-state index contributed by atoms with van der Waals surface area (Å²) in [5, 5.41) is 19.6. The van der Waals surface area contributed by atoms with Crippen molar-refractivity contribution in [1.29, 1.82) is 0 Å². The van der Waals surface area contributed by atoms with Crippen LogP contribution in [0, 0.1) is 10.1 Å². The molecule has 1 unspecified atom stereocenters. The lowest BCUT2D eigenvalue weighted by Crippen LogP contribution is -2.44. The lowest BCUT2D eigenvalue weighted by Gasteiger charge is -2.25. The van der Waals surface area contributed by atoms with Crippen LogP contribution in [0.1, 0.15) is 30.3 Å². The minimum Gasteiger partial charge on any atom is -0.480 e. The molecule has 102 valence electrons. The van der Waals surface area contributed by atoms with Gasteiger partial charge in [0.2, 0.25) is 0 Å². The molecule has 8 nitrogen and oxygen atoms in total. The average molecular weight is 267 g/mol. The second kappa shape index (κ2) is 4.71. The third-order valence-electron chi connectivity index (χ3n) is 3.05. The summed E-state index contributed by atoms with van der Waals surface area (Å²) in [5.74, 6) is -1.91. The first kappa shape index (κ1) is 13.1. The van der Waals surface area contributed by atoms with E-state index in [1.54, 1.807) is 0 Å². The van der Waals surface area contributed by atoms with Crippen LogP contribution < -0.4 is 0 Å². The number of amides is 1. The van der Waals surface area contributed by atoms with Crippen molar-refractivity contribution in [2.24, 2.45) is 0 Å². The van der Waals surface area contributed by atoms with Gasteiger partial charge in [-0.25, -0.2) is 9.78 Å². The fraction of sp³-hybridized carbons (Fsp3) is 0.455. The molecule has 2 N–H and O–H groups in total. The number of hydrogen-bond donors (Lipinski definition) is 2. The molecule has 0 spiro atoms. The summed E-state index contributed by atoms with van der Waals surface area (Å²) in [6, 6.07) is 1.43. The van der Waals surface area contributed by atoms with E-state index in [0.717, 1.165) is 12.8 Å². The van der Waals surface area contributed by atoms with Gasteiger partial charge in [0.25, 0.3) is 5.91 Å². The van der Waals surface area contributed by atoms with Crippen molar-refractivity contribution in [3.05, 3.63) is 27.9 Å². The van der Waals surface area contributed by atoms with Gasteiger partial charge in [-0.15, -0.1) is 0 Å². The molecule has 1 aliphatic carbocycles. The van der Waals surface area contributed by atoms with E-state index in [1.165, 1.54) is 24.0 Å². The summed E-state index contributed by atoms with van der Waals surface area (Å²) < 4.78 is 0. The number of nitrogens with zero attached hydrogens (tertiary/aromatic N) is 2. The van der Waals surface area contributed by atoms with Crippen LogP contribution in [-0.2, 0) is 4.79 Å². The smallest absolute Gasteiger partial charge is 0.326 e. The number of aromatic amines is 1. The fourth-order valence-electron chi connectivity index (χ4n) is 1.88. The van der Waals surface area contributed by atoms with E-state index in [9.17, 15) is 19.7 Å². The highest BCUT2D eigenvalue weighted by atomic mass is 16.6. The molecular weight excluding hydrogens is 254 g/mol. The van der Waals surface area contributed by atoms with Crippen molar-refractivity contribution in [2.45, 2.75) is 31.8 Å². The molecule has 0 aliphatic heterocycles. The third kappa shape index (κ3) is 2.56. The number of carbonyl (C=O) groups excluding carboxylic acids is 1. The van der Waals surface area contributed by atoms with E-state index in [0.29, 0.717) is 0 Å². The largest absolute Gasteiger partial charge is 0.480 e. The van der Waals surface area contributed by atoms with E-state index in [-0.39, 0.29) is 17.6 Å². The van der Waals surface area contributed by atoms with Gasteiger partial charge in [-0.1, -0.05) is 0 Å². The Morgan fingerprint density at radius 3 is 2.58 bits per heavy atom. The van der Waals surface area contributed by atoms with Crippen LogP contribution in [0.25, 0.3) is 0 Å². The van der Waals surface area contributed by atoms with Gasteiger partial charge in [-0.05, 0) is 30.8 Å². The van der Waals surface area contributed by atoms with Gasteiger partial charge in [-0.3, -0.25) is 4.79 Å². The van der Waals surface area contributed by atoms with Gasteiger partial charge in [-0.2, -0.15) is 0 Å². The Balaban J connectivity index is 2.23. The Labute approximate surface area is 108 Å². The van der Waals surface area contributed by atoms with Gasteiger partial charge >= 0.3 is 11.8 Å². The highest BCUT2D eigenvalue weighted by Gasteiger charge is 2.40. The number of H-pyrrole nitrogens is 1. The molecule has 1 amide bonds. The molecule has 0 aromatic carbocycles. The molecule has 1 fully saturated rings. The maximum Gasteiger partial charge on any atom is 0.326 e. The van der Waals surface area contributed by atoms with Gasteiger partial charge in [0.15, 0.2) is 5.69 Å². The van der Waals surface area contributed by atoms with Crippen molar-refractivity contribution >= 4 is 17.7 Å². The summed E-state index contributed by atoms with van der Waals surface area (Å²) in [4.78, 5) is 36.8. The Hall–Kier alpha value is -2.38. The zero-order chi connectivity index (χ0) is 14.2. The number of carboxylic acids is 1. The molecular formula is C11H13N3O5. The van der Waals surface area contributed by atoms with E-state index >= 15 is 0 Å². The number of aliphatic carboxylic acids is 1. The normalized spacial score (nSPS) is 15.8. The van der Waals surface area contributed by atoms with Crippen molar-refractivity contribution < 1.29 is 19.6 Å². The Morgan fingerprint density at radius 1 is 1.53 bits per heavy atom. The Morgan fingerprint density at radius 2 is 2.16 bits per heavy atom. The third-order valence-corrected chi connectivity index (χ3v) is 3.05. The van der Waals surface area contributed by atoms with Crippen LogP contribution in [0.4, 0.5) is 5.82 Å². The molecule has 2 rings (SSSR count). The molecule has 1 heterocycles. The molecule has 0 bridgehead atoms. The first-order valence-electron chi connectivity index (χ1n) is 5.80. The number of nitrogens with one attached hydrogen (secondary N) is 1. The molecule has 1 atom stereocenters. The first-order valence-corrected chi connectivity index (χ1v) is 5.80. The van der Waals surface area contributed by atoms with Crippen LogP contribution in [0.3, 0.4) is 0 Å². The molecule has 1 saturated carbocycles. The van der Waals surface area contributed by atoms with Crippen LogP contribution in [0.5, 0.6) is 0 Å². The van der Waals surface area contributed by atoms with Crippen LogP contribution in [0.2, 0.25) is 0 Å². The van der Waals surface area contributed by atoms with E-state index < -0.39 is 22.8 Å². The monoisotopic (exact) mass is 267 g/mol. The predicted octanol–water partition coefficient (Wildman–Crippen LogP) is 1.00. The molecule has 0 radical (unpaired) electrons. The van der Waals surface area contributed by atoms with E-state index in [2.05, 4.69) is 4.98 Å². The van der Waals surface area contributed by atoms with Crippen molar-refractivity contribution in [2.75, 3.05) is 0 Å². The molecule has 1 aliphatic rings. The van der Waals surface area contributed by atoms with Gasteiger partial charge in [0, 0.05) is 12.1 Å². The van der Waals surface area contributed by atoms with E-state index in [1.807, 2.05) is 0 Å². The second-order valence-corrected chi connectivity index (χ2v) is 4.47. The summed E-state index contributed by atoms with van der Waals surface area (Å²) in [6.45, 7) is 1.43. The standard InChI is InChI=1S/C11H13N3O5/c1-6(11(16)17)13(7-2-3-7)10(15)8-4-5-9(12-8)14(18)19/h4-7,12H,2-3H2,1H3,(H,16,17). The zero-order valence-corrected chi connectivity index (χ0v) is 10.2. The average Bonchev–Trinajstić information content (AvgIpc) is 3.04. The summed E-state index contributed by atoms with van der Waals surface area (Å²) in [6.07, 6.45) is 1.51. The number of rotatable bonds is 5. The number of hydrogen-bond acceptors (Lipinski definition) is 4. The van der Waals surface area contributed by atoms with Gasteiger partial charge < -0.3 is 20.1 Å². The van der Waals surface area contributed by atoms with E-state index in [4.69, 9.17) is 5.11 Å². The summed E-state index contributed by atoms with van der Waals surface area (Å²) in [7, 11) is 0. The quantitative estimate of drug-likeness (QED) is 0.609. The van der Waals surface area contributed by atoms with Crippen LogP contribution in [-0.4, -0.2) is 43.9 Å². The predicted molar refractivity (Wildman–Crippen MR) is 63.7 cm³/mol. The number of nitro groups is 1. The SMILES string of the molecule is CC(C(=O)O)N(C(=O)c1ccc([N+](=O)[O-])[nH]1)C1CC1. The van der Waals surface area contributed by atoms with Gasteiger partial charge in [0.05, 0.1) is 0 Å². The lowest BCUT2D eigenvalue weighted by molar-refractivity contribution is -0.389. The number of carbonyl (C=O) groups is 2. The maximum atomic E-state index is 12.2. The van der Waals surface area contributed by atoms with Crippen molar-refractivity contribution in [3.63, 3.8) is 0 Å². The Kier molecular flexibility index (Phi) is 3.24. The highest BCUT2D eigenvalue weighted by Crippen LogP contribution is 2.30.